The second-order valence-electron chi connectivity index (χ2n) is 5.19. The van der Waals surface area contributed by atoms with Crippen molar-refractivity contribution in [3.05, 3.63) is 59.5 Å². The van der Waals surface area contributed by atoms with Crippen LogP contribution in [0.3, 0.4) is 0 Å². The third kappa shape index (κ3) is 2.86. The molecule has 23 heavy (non-hydrogen) atoms. The van der Waals surface area contributed by atoms with Crippen LogP contribution in [-0.2, 0) is 13.0 Å². The standard InChI is InChI=1S/C19H18N2O2/c1-4-8-16-14(2)20-19-18(11-7-12-21(16)19)23-13-15-9-5-6-10-17(15)22-3/h1,5-7,9-12H,8,13H2,2-3H3. The Kier molecular flexibility index (Phi) is 4.20. The highest BCUT2D eigenvalue weighted by atomic mass is 16.5. The fourth-order valence-electron chi connectivity index (χ4n) is 2.60. The van der Waals surface area contributed by atoms with Crippen molar-refractivity contribution in [3.8, 4) is 23.8 Å². The lowest BCUT2D eigenvalue weighted by molar-refractivity contribution is 0.298. The van der Waals surface area contributed by atoms with Crippen molar-refractivity contribution in [2.75, 3.05) is 7.11 Å². The van der Waals surface area contributed by atoms with E-state index >= 15 is 0 Å². The van der Waals surface area contributed by atoms with Gasteiger partial charge >= 0.3 is 0 Å². The van der Waals surface area contributed by atoms with Gasteiger partial charge < -0.3 is 9.47 Å². The number of nitrogens with zero attached hydrogens (tertiary/aromatic N) is 2. The maximum absolute atomic E-state index is 5.98. The van der Waals surface area contributed by atoms with Crippen LogP contribution >= 0.6 is 0 Å². The van der Waals surface area contributed by atoms with Gasteiger partial charge in [-0.15, -0.1) is 12.3 Å². The predicted octanol–water partition coefficient (Wildman–Crippen LogP) is 3.41. The van der Waals surface area contributed by atoms with E-state index in [0.29, 0.717) is 13.0 Å². The van der Waals surface area contributed by atoms with Crippen molar-refractivity contribution in [1.29, 1.82) is 0 Å². The van der Waals surface area contributed by atoms with Gasteiger partial charge in [-0.05, 0) is 25.1 Å². The maximum Gasteiger partial charge on any atom is 0.180 e. The molecule has 3 aromatic rings. The van der Waals surface area contributed by atoms with Gasteiger partial charge in [0.05, 0.1) is 24.9 Å². The SMILES string of the molecule is C#CCc1c(C)nc2c(OCc3ccccc3OC)cccn12. The van der Waals surface area contributed by atoms with Crippen LogP contribution in [0.2, 0.25) is 0 Å². The Labute approximate surface area is 135 Å². The van der Waals surface area contributed by atoms with Gasteiger partial charge in [0.15, 0.2) is 11.4 Å². The highest BCUT2D eigenvalue weighted by Crippen LogP contribution is 2.25. The number of imidazole rings is 1. The fourth-order valence-corrected chi connectivity index (χ4v) is 2.60. The van der Waals surface area contributed by atoms with Gasteiger partial charge in [-0.3, -0.25) is 4.40 Å². The number of aromatic nitrogens is 2. The van der Waals surface area contributed by atoms with E-state index in [2.05, 4.69) is 10.9 Å². The summed E-state index contributed by atoms with van der Waals surface area (Å²) >= 11 is 0. The lowest BCUT2D eigenvalue weighted by Gasteiger charge is -2.10. The molecule has 0 aliphatic rings. The summed E-state index contributed by atoms with van der Waals surface area (Å²) in [6.45, 7) is 2.38. The lowest BCUT2D eigenvalue weighted by Crippen LogP contribution is -2.00. The summed E-state index contributed by atoms with van der Waals surface area (Å²) in [7, 11) is 1.66. The molecular weight excluding hydrogens is 288 g/mol. The van der Waals surface area contributed by atoms with Crippen LogP contribution in [0.4, 0.5) is 0 Å². The topological polar surface area (TPSA) is 35.8 Å². The molecule has 0 amide bonds. The van der Waals surface area contributed by atoms with Crippen molar-refractivity contribution in [1.82, 2.24) is 9.38 Å². The van der Waals surface area contributed by atoms with E-state index in [4.69, 9.17) is 15.9 Å². The normalized spacial score (nSPS) is 10.5. The molecular formula is C19H18N2O2. The van der Waals surface area contributed by atoms with Crippen LogP contribution < -0.4 is 9.47 Å². The largest absolute Gasteiger partial charge is 0.496 e. The molecule has 0 saturated carbocycles. The molecule has 4 nitrogen and oxygen atoms in total. The molecule has 0 spiro atoms. The average molecular weight is 306 g/mol. The summed E-state index contributed by atoms with van der Waals surface area (Å²) < 4.78 is 13.3. The molecule has 116 valence electrons. The van der Waals surface area contributed by atoms with E-state index in [1.807, 2.05) is 53.9 Å². The molecule has 2 aromatic heterocycles. The van der Waals surface area contributed by atoms with Gasteiger partial charge in [-0.2, -0.15) is 0 Å². The number of methoxy groups -OCH3 is 1. The molecule has 0 saturated heterocycles. The van der Waals surface area contributed by atoms with Crippen molar-refractivity contribution in [2.45, 2.75) is 20.0 Å². The Morgan fingerprint density at radius 2 is 1.96 bits per heavy atom. The average Bonchev–Trinajstić information content (AvgIpc) is 2.90. The van der Waals surface area contributed by atoms with Crippen molar-refractivity contribution in [2.24, 2.45) is 0 Å². The minimum atomic E-state index is 0.417. The van der Waals surface area contributed by atoms with Gasteiger partial charge in [0, 0.05) is 11.8 Å². The van der Waals surface area contributed by atoms with Crippen LogP contribution in [-0.4, -0.2) is 16.5 Å². The number of fused-ring (bicyclic) bond motifs is 1. The first-order valence-electron chi connectivity index (χ1n) is 7.39. The van der Waals surface area contributed by atoms with E-state index in [9.17, 15) is 0 Å². The summed E-state index contributed by atoms with van der Waals surface area (Å²) in [5, 5.41) is 0. The van der Waals surface area contributed by atoms with Crippen LogP contribution in [0.15, 0.2) is 42.6 Å². The number of hydrogen-bond donors (Lipinski definition) is 0. The molecule has 0 aliphatic heterocycles. The Morgan fingerprint density at radius 1 is 1.17 bits per heavy atom. The number of hydrogen-bond acceptors (Lipinski definition) is 3. The van der Waals surface area contributed by atoms with E-state index in [-0.39, 0.29) is 0 Å². The van der Waals surface area contributed by atoms with Crippen LogP contribution in [0.5, 0.6) is 11.5 Å². The van der Waals surface area contributed by atoms with Crippen LogP contribution in [0, 0.1) is 19.3 Å². The number of para-hydroxylation sites is 1. The summed E-state index contributed by atoms with van der Waals surface area (Å²) in [4.78, 5) is 4.60. The monoisotopic (exact) mass is 306 g/mol. The predicted molar refractivity (Wildman–Crippen MR) is 89.8 cm³/mol. The number of benzene rings is 1. The van der Waals surface area contributed by atoms with Crippen molar-refractivity contribution >= 4 is 5.65 Å². The zero-order chi connectivity index (χ0) is 16.2. The quantitative estimate of drug-likeness (QED) is 0.678. The van der Waals surface area contributed by atoms with Gasteiger partial charge in [0.25, 0.3) is 0 Å². The first kappa shape index (κ1) is 15.0. The number of rotatable bonds is 5. The Morgan fingerprint density at radius 3 is 2.74 bits per heavy atom. The van der Waals surface area contributed by atoms with E-state index in [1.165, 1.54) is 0 Å². The first-order valence-corrected chi connectivity index (χ1v) is 7.39. The summed E-state index contributed by atoms with van der Waals surface area (Å²) in [5.41, 5.74) is 3.72. The second kappa shape index (κ2) is 6.45. The molecule has 4 heteroatoms. The Balaban J connectivity index is 1.92. The minimum absolute atomic E-state index is 0.417. The molecule has 1 aromatic carbocycles. The van der Waals surface area contributed by atoms with Gasteiger partial charge in [-0.1, -0.05) is 18.2 Å². The molecule has 0 fully saturated rings. The third-order valence-electron chi connectivity index (χ3n) is 3.76. The highest BCUT2D eigenvalue weighted by Gasteiger charge is 2.12. The van der Waals surface area contributed by atoms with Gasteiger partial charge in [0.2, 0.25) is 0 Å². The first-order chi connectivity index (χ1) is 11.2. The second-order valence-corrected chi connectivity index (χ2v) is 5.19. The fraction of sp³-hybridized carbons (Fsp3) is 0.211. The molecule has 0 atom stereocenters. The lowest BCUT2D eigenvalue weighted by atomic mass is 10.2. The zero-order valence-electron chi connectivity index (χ0n) is 13.2. The molecule has 3 rings (SSSR count). The van der Waals surface area contributed by atoms with E-state index in [0.717, 1.165) is 34.1 Å². The number of ether oxygens (including phenoxy) is 2. The minimum Gasteiger partial charge on any atom is -0.496 e. The van der Waals surface area contributed by atoms with Gasteiger partial charge in [0.1, 0.15) is 12.4 Å². The van der Waals surface area contributed by atoms with Crippen molar-refractivity contribution in [3.63, 3.8) is 0 Å². The zero-order valence-corrected chi connectivity index (χ0v) is 13.2. The Hall–Kier alpha value is -2.93. The van der Waals surface area contributed by atoms with Gasteiger partial charge in [-0.25, -0.2) is 4.98 Å². The summed E-state index contributed by atoms with van der Waals surface area (Å²) in [5.74, 6) is 4.22. The third-order valence-corrected chi connectivity index (χ3v) is 3.76. The maximum atomic E-state index is 5.98. The molecule has 2 heterocycles. The summed E-state index contributed by atoms with van der Waals surface area (Å²) in [6, 6.07) is 11.7. The molecule has 0 bridgehead atoms. The van der Waals surface area contributed by atoms with Crippen LogP contribution in [0.25, 0.3) is 5.65 Å². The smallest absolute Gasteiger partial charge is 0.180 e. The van der Waals surface area contributed by atoms with E-state index in [1.54, 1.807) is 7.11 Å². The molecule has 0 aliphatic carbocycles. The van der Waals surface area contributed by atoms with Crippen molar-refractivity contribution < 1.29 is 9.47 Å². The number of pyridine rings is 1. The number of terminal acetylenes is 1. The van der Waals surface area contributed by atoms with E-state index < -0.39 is 0 Å². The highest BCUT2D eigenvalue weighted by molar-refractivity contribution is 5.56. The molecule has 0 N–H and O–H groups in total. The van der Waals surface area contributed by atoms with Crippen LogP contribution in [0.1, 0.15) is 17.0 Å². The molecule has 0 unspecified atom stereocenters. The Bertz CT molecular complexity index is 875. The number of aryl methyl sites for hydroxylation is 1. The summed E-state index contributed by atoms with van der Waals surface area (Å²) in [6.07, 6.45) is 7.95. The molecule has 0 radical (unpaired) electrons.